The highest BCUT2D eigenvalue weighted by Crippen LogP contribution is 2.38. The fourth-order valence-corrected chi connectivity index (χ4v) is 5.11. The lowest BCUT2D eigenvalue weighted by Crippen LogP contribution is -2.37. The van der Waals surface area contributed by atoms with E-state index in [1.807, 2.05) is 0 Å². The van der Waals surface area contributed by atoms with Crippen LogP contribution >= 0.6 is 11.3 Å². The number of hydrogen-bond acceptors (Lipinski definition) is 8. The average Bonchev–Trinajstić information content (AvgIpc) is 3.23. The molecule has 2 heterocycles. The molecule has 4 rings (SSSR count). The first-order valence-electron chi connectivity index (χ1n) is 9.49. The summed E-state index contributed by atoms with van der Waals surface area (Å²) in [4.78, 5) is 62.1. The van der Waals surface area contributed by atoms with Crippen LogP contribution in [0.2, 0.25) is 0 Å². The smallest absolute Gasteiger partial charge is 0.341 e. The van der Waals surface area contributed by atoms with Crippen LogP contribution in [-0.4, -0.2) is 47.2 Å². The minimum Gasteiger partial charge on any atom is -0.465 e. The highest BCUT2D eigenvalue weighted by Gasteiger charge is 2.38. The van der Waals surface area contributed by atoms with Crippen LogP contribution in [0.3, 0.4) is 0 Å². The van der Waals surface area contributed by atoms with Gasteiger partial charge in [0.2, 0.25) is 5.91 Å². The van der Waals surface area contributed by atoms with E-state index in [9.17, 15) is 29.3 Å². The molecule has 0 bridgehead atoms. The Morgan fingerprint density at radius 1 is 1.19 bits per heavy atom. The van der Waals surface area contributed by atoms with Gasteiger partial charge < -0.3 is 10.1 Å². The summed E-state index contributed by atoms with van der Waals surface area (Å²) in [7, 11) is 1.26. The first kappa shape index (κ1) is 20.7. The lowest BCUT2D eigenvalue weighted by Gasteiger charge is -2.14. The minimum atomic E-state index is -0.780. The van der Waals surface area contributed by atoms with Crippen molar-refractivity contribution in [1.29, 1.82) is 0 Å². The van der Waals surface area contributed by atoms with Crippen molar-refractivity contribution in [3.05, 3.63) is 55.4 Å². The summed E-state index contributed by atoms with van der Waals surface area (Å²) in [6.07, 6.45) is 3.44. The van der Waals surface area contributed by atoms with Crippen LogP contribution in [0.15, 0.2) is 18.2 Å². The summed E-state index contributed by atoms with van der Waals surface area (Å²) in [5.74, 6) is -2.70. The van der Waals surface area contributed by atoms with Crippen molar-refractivity contribution in [3.63, 3.8) is 0 Å². The number of benzene rings is 1. The highest BCUT2D eigenvalue weighted by atomic mass is 32.1. The predicted octanol–water partition coefficient (Wildman–Crippen LogP) is 2.56. The Bertz CT molecular complexity index is 1150. The molecule has 0 saturated heterocycles. The number of non-ortho nitro benzene ring substituents is 1. The van der Waals surface area contributed by atoms with Crippen LogP contribution in [0.25, 0.3) is 0 Å². The summed E-state index contributed by atoms with van der Waals surface area (Å²) in [6.45, 7) is -0.580. The van der Waals surface area contributed by atoms with Gasteiger partial charge >= 0.3 is 5.97 Å². The summed E-state index contributed by atoms with van der Waals surface area (Å²) >= 11 is 1.29. The molecule has 1 aromatic carbocycles. The molecule has 1 aliphatic heterocycles. The van der Waals surface area contributed by atoms with Gasteiger partial charge in [-0.25, -0.2) is 4.79 Å². The second kappa shape index (κ2) is 7.91. The van der Waals surface area contributed by atoms with Gasteiger partial charge in [0.25, 0.3) is 17.5 Å². The molecule has 11 heteroatoms. The number of nitro benzene ring substituents is 1. The second-order valence-corrected chi connectivity index (χ2v) is 8.24. The molecule has 0 saturated carbocycles. The quantitative estimate of drug-likeness (QED) is 0.325. The number of carbonyl (C=O) groups excluding carboxylic acids is 4. The van der Waals surface area contributed by atoms with E-state index in [0.29, 0.717) is 17.0 Å². The third kappa shape index (κ3) is 3.56. The normalized spacial score (nSPS) is 14.8. The van der Waals surface area contributed by atoms with Crippen LogP contribution in [0.4, 0.5) is 10.7 Å². The zero-order valence-corrected chi connectivity index (χ0v) is 17.2. The number of hydrogen-bond donors (Lipinski definition) is 1. The Kier molecular flexibility index (Phi) is 5.27. The van der Waals surface area contributed by atoms with E-state index < -0.39 is 35.2 Å². The summed E-state index contributed by atoms with van der Waals surface area (Å²) in [5, 5.41) is 13.9. The Labute approximate surface area is 179 Å². The molecule has 1 N–H and O–H groups in total. The van der Waals surface area contributed by atoms with Gasteiger partial charge in [0.1, 0.15) is 11.5 Å². The summed E-state index contributed by atoms with van der Waals surface area (Å²) < 4.78 is 4.87. The number of esters is 1. The molecular weight excluding hydrogens is 426 g/mol. The molecule has 2 aliphatic rings. The van der Waals surface area contributed by atoms with Crippen molar-refractivity contribution in [2.24, 2.45) is 0 Å². The Morgan fingerprint density at radius 3 is 2.61 bits per heavy atom. The fourth-order valence-electron chi connectivity index (χ4n) is 3.82. The molecule has 2 aromatic rings. The van der Waals surface area contributed by atoms with E-state index in [4.69, 9.17) is 4.74 Å². The largest absolute Gasteiger partial charge is 0.465 e. The topological polar surface area (TPSA) is 136 Å². The van der Waals surface area contributed by atoms with Crippen LogP contribution < -0.4 is 5.32 Å². The third-order valence-electron chi connectivity index (χ3n) is 5.28. The van der Waals surface area contributed by atoms with E-state index in [0.717, 1.165) is 46.7 Å². The number of nitro groups is 1. The van der Waals surface area contributed by atoms with Crippen LogP contribution in [0.1, 0.15) is 54.4 Å². The van der Waals surface area contributed by atoms with Crippen molar-refractivity contribution in [2.45, 2.75) is 25.7 Å². The number of nitrogens with zero attached hydrogens (tertiary/aromatic N) is 2. The van der Waals surface area contributed by atoms with Gasteiger partial charge in [-0.15, -0.1) is 11.3 Å². The molecular formula is C20H17N3O7S. The molecule has 0 unspecified atom stereocenters. The Balaban J connectivity index is 1.55. The number of carbonyl (C=O) groups is 4. The fraction of sp³-hybridized carbons (Fsp3) is 0.300. The molecule has 31 heavy (non-hydrogen) atoms. The van der Waals surface area contributed by atoms with Crippen LogP contribution in [0.5, 0.6) is 0 Å². The number of amides is 3. The molecule has 160 valence electrons. The van der Waals surface area contributed by atoms with Crippen molar-refractivity contribution in [2.75, 3.05) is 19.0 Å². The number of ether oxygens (including phenoxy) is 1. The van der Waals surface area contributed by atoms with Gasteiger partial charge in [0, 0.05) is 17.0 Å². The zero-order chi connectivity index (χ0) is 22.3. The minimum absolute atomic E-state index is 0.00485. The molecule has 10 nitrogen and oxygen atoms in total. The monoisotopic (exact) mass is 443 g/mol. The molecule has 0 fully saturated rings. The SMILES string of the molecule is COC(=O)c1c(NC(=O)CN2C(=O)c3ccc([N+](=O)[O-])cc3C2=O)sc2c1CCCC2. The van der Waals surface area contributed by atoms with Crippen molar-refractivity contribution >= 4 is 45.7 Å². The van der Waals surface area contributed by atoms with Crippen LogP contribution in [0, 0.1) is 10.1 Å². The predicted molar refractivity (Wildman–Crippen MR) is 109 cm³/mol. The number of fused-ring (bicyclic) bond motifs is 2. The van der Waals surface area contributed by atoms with Gasteiger partial charge in [0.15, 0.2) is 0 Å². The second-order valence-electron chi connectivity index (χ2n) is 7.14. The number of nitrogens with one attached hydrogen (secondary N) is 1. The maximum atomic E-state index is 12.7. The number of imide groups is 1. The summed E-state index contributed by atoms with van der Waals surface area (Å²) in [6, 6.07) is 3.36. The number of rotatable bonds is 5. The highest BCUT2D eigenvalue weighted by molar-refractivity contribution is 7.17. The van der Waals surface area contributed by atoms with Gasteiger partial charge in [-0.3, -0.25) is 29.4 Å². The van der Waals surface area contributed by atoms with E-state index in [2.05, 4.69) is 5.32 Å². The number of methoxy groups -OCH3 is 1. The maximum absolute atomic E-state index is 12.7. The first-order chi connectivity index (χ1) is 14.8. The van der Waals surface area contributed by atoms with Gasteiger partial charge in [-0.1, -0.05) is 0 Å². The molecule has 1 aliphatic carbocycles. The van der Waals surface area contributed by atoms with E-state index in [1.165, 1.54) is 24.5 Å². The lowest BCUT2D eigenvalue weighted by molar-refractivity contribution is -0.384. The van der Waals surface area contributed by atoms with Gasteiger partial charge in [-0.2, -0.15) is 0 Å². The molecule has 1 aromatic heterocycles. The van der Waals surface area contributed by atoms with Crippen molar-refractivity contribution in [1.82, 2.24) is 4.90 Å². The third-order valence-corrected chi connectivity index (χ3v) is 6.49. The van der Waals surface area contributed by atoms with Crippen molar-refractivity contribution in [3.8, 4) is 0 Å². The van der Waals surface area contributed by atoms with Gasteiger partial charge in [-0.05, 0) is 37.3 Å². The van der Waals surface area contributed by atoms with Gasteiger partial charge in [0.05, 0.1) is 28.7 Å². The Morgan fingerprint density at radius 2 is 1.90 bits per heavy atom. The lowest BCUT2D eigenvalue weighted by atomic mass is 9.95. The average molecular weight is 443 g/mol. The molecule has 0 radical (unpaired) electrons. The Hall–Kier alpha value is -3.60. The molecule has 3 amide bonds. The number of anilines is 1. The molecule has 0 atom stereocenters. The molecule has 0 spiro atoms. The maximum Gasteiger partial charge on any atom is 0.341 e. The van der Waals surface area contributed by atoms with Crippen LogP contribution in [-0.2, 0) is 22.4 Å². The first-order valence-corrected chi connectivity index (χ1v) is 10.3. The number of thiophene rings is 1. The van der Waals surface area contributed by atoms with E-state index >= 15 is 0 Å². The zero-order valence-electron chi connectivity index (χ0n) is 16.4. The van der Waals surface area contributed by atoms with E-state index in [1.54, 1.807) is 0 Å². The standard InChI is InChI=1S/C20H17N3O7S/c1-30-20(27)16-12-4-2-3-5-14(12)31-17(16)21-15(24)9-22-18(25)11-7-6-10(23(28)29)8-13(11)19(22)26/h6-8H,2-5,9H2,1H3,(H,21,24). The van der Waals surface area contributed by atoms with E-state index in [-0.39, 0.29) is 16.8 Å². The summed E-state index contributed by atoms with van der Waals surface area (Å²) in [5.41, 5.74) is 0.747. The number of aryl methyl sites for hydroxylation is 1. The van der Waals surface area contributed by atoms with Crippen molar-refractivity contribution < 1.29 is 28.8 Å².